The van der Waals surface area contributed by atoms with E-state index in [1.807, 2.05) is 6.07 Å². The molecule has 1 aliphatic rings. The van der Waals surface area contributed by atoms with E-state index in [4.69, 9.17) is 21.1 Å². The third-order valence-electron chi connectivity index (χ3n) is 4.64. The van der Waals surface area contributed by atoms with Crippen molar-refractivity contribution in [3.05, 3.63) is 58.4 Å². The number of hydrogen-bond acceptors (Lipinski definition) is 4. The highest BCUT2D eigenvalue weighted by molar-refractivity contribution is 6.29. The fourth-order valence-corrected chi connectivity index (χ4v) is 3.07. The maximum Gasteiger partial charge on any atom is 0.191 e. The van der Waals surface area contributed by atoms with Crippen LogP contribution in [0.5, 0.6) is 5.75 Å². The number of aromatic nitrogens is 1. The first-order valence-corrected chi connectivity index (χ1v) is 9.87. The maximum atomic E-state index is 6.11. The van der Waals surface area contributed by atoms with Gasteiger partial charge in [0, 0.05) is 44.4 Å². The van der Waals surface area contributed by atoms with Crippen molar-refractivity contribution in [2.75, 3.05) is 26.9 Å². The van der Waals surface area contributed by atoms with E-state index in [1.54, 1.807) is 19.3 Å². The number of pyridine rings is 1. The predicted molar refractivity (Wildman–Crippen MR) is 112 cm³/mol. The van der Waals surface area contributed by atoms with Crippen molar-refractivity contribution in [3.63, 3.8) is 0 Å². The van der Waals surface area contributed by atoms with E-state index >= 15 is 0 Å². The van der Waals surface area contributed by atoms with Crippen molar-refractivity contribution in [3.8, 4) is 5.75 Å². The fourth-order valence-electron chi connectivity index (χ4n) is 2.96. The second kappa shape index (κ2) is 10.3. The van der Waals surface area contributed by atoms with Crippen molar-refractivity contribution < 1.29 is 9.47 Å². The number of guanidine groups is 1. The molecule has 0 bridgehead atoms. The molecule has 3 rings (SSSR count). The largest absolute Gasteiger partial charge is 0.493 e. The van der Waals surface area contributed by atoms with Gasteiger partial charge in [-0.25, -0.2) is 4.98 Å². The minimum atomic E-state index is 0.476. The highest BCUT2D eigenvalue weighted by Crippen LogP contribution is 2.22. The number of halogens is 1. The molecule has 150 valence electrons. The average Bonchev–Trinajstić information content (AvgIpc) is 3.22. The molecule has 7 heteroatoms. The number of nitrogens with one attached hydrogen (secondary N) is 2. The number of aryl methyl sites for hydroxylation is 1. The van der Waals surface area contributed by atoms with Crippen LogP contribution in [0.25, 0.3) is 0 Å². The van der Waals surface area contributed by atoms with Crippen LogP contribution in [0.1, 0.15) is 23.1 Å². The van der Waals surface area contributed by atoms with Gasteiger partial charge >= 0.3 is 0 Å². The molecule has 28 heavy (non-hydrogen) atoms. The van der Waals surface area contributed by atoms with Gasteiger partial charge in [0.1, 0.15) is 10.9 Å². The van der Waals surface area contributed by atoms with Crippen molar-refractivity contribution >= 4 is 17.6 Å². The summed E-state index contributed by atoms with van der Waals surface area (Å²) in [7, 11) is 1.75. The van der Waals surface area contributed by atoms with Crippen LogP contribution in [0.2, 0.25) is 5.15 Å². The quantitative estimate of drug-likeness (QED) is 0.422. The average molecular weight is 403 g/mol. The molecule has 0 radical (unpaired) electrons. The van der Waals surface area contributed by atoms with E-state index in [1.165, 1.54) is 5.56 Å². The molecule has 2 heterocycles. The first kappa shape index (κ1) is 20.4. The van der Waals surface area contributed by atoms with Crippen LogP contribution in [0.15, 0.2) is 41.5 Å². The van der Waals surface area contributed by atoms with Crippen LogP contribution in [0.4, 0.5) is 0 Å². The minimum Gasteiger partial charge on any atom is -0.493 e. The Hall–Kier alpha value is -2.31. The second-order valence-electron chi connectivity index (χ2n) is 6.92. The van der Waals surface area contributed by atoms with E-state index in [0.717, 1.165) is 36.5 Å². The first-order chi connectivity index (χ1) is 13.6. The van der Waals surface area contributed by atoms with E-state index < -0.39 is 0 Å². The third-order valence-corrected chi connectivity index (χ3v) is 4.86. The first-order valence-electron chi connectivity index (χ1n) is 9.49. The number of rotatable bonds is 7. The molecule has 1 aliphatic heterocycles. The molecule has 2 N–H and O–H groups in total. The lowest BCUT2D eigenvalue weighted by Crippen LogP contribution is -2.36. The highest BCUT2D eigenvalue weighted by atomic mass is 35.5. The lowest BCUT2D eigenvalue weighted by Gasteiger charge is -2.17. The van der Waals surface area contributed by atoms with Crippen LogP contribution in [-0.4, -0.2) is 37.8 Å². The van der Waals surface area contributed by atoms with Gasteiger partial charge in [-0.1, -0.05) is 29.8 Å². The Morgan fingerprint density at radius 1 is 1.29 bits per heavy atom. The summed E-state index contributed by atoms with van der Waals surface area (Å²) in [4.78, 5) is 8.37. The minimum absolute atomic E-state index is 0.476. The van der Waals surface area contributed by atoms with Gasteiger partial charge in [-0.2, -0.15) is 0 Å². The molecule has 0 amide bonds. The van der Waals surface area contributed by atoms with E-state index in [-0.39, 0.29) is 0 Å². The SMILES string of the molecule is CN=C(NCc1ccc(Cl)nc1)NCc1ccc(C)cc1OCC1CCOC1. The molecule has 1 aromatic heterocycles. The summed E-state index contributed by atoms with van der Waals surface area (Å²) in [6, 6.07) is 9.99. The number of aliphatic imine (C=N–C) groups is 1. The van der Waals surface area contributed by atoms with Gasteiger partial charge in [0.2, 0.25) is 0 Å². The van der Waals surface area contributed by atoms with Gasteiger partial charge in [0.25, 0.3) is 0 Å². The fraction of sp³-hybridized carbons (Fsp3) is 0.429. The summed E-state index contributed by atoms with van der Waals surface area (Å²) >= 11 is 5.83. The van der Waals surface area contributed by atoms with Crippen molar-refractivity contribution in [2.45, 2.75) is 26.4 Å². The van der Waals surface area contributed by atoms with Crippen LogP contribution in [-0.2, 0) is 17.8 Å². The van der Waals surface area contributed by atoms with Gasteiger partial charge in [-0.15, -0.1) is 0 Å². The Morgan fingerprint density at radius 2 is 2.14 bits per heavy atom. The summed E-state index contributed by atoms with van der Waals surface area (Å²) < 4.78 is 11.5. The van der Waals surface area contributed by atoms with Crippen molar-refractivity contribution in [2.24, 2.45) is 10.9 Å². The van der Waals surface area contributed by atoms with Crippen molar-refractivity contribution in [1.29, 1.82) is 0 Å². The molecule has 1 fully saturated rings. The van der Waals surface area contributed by atoms with Crippen LogP contribution in [0, 0.1) is 12.8 Å². The standard InChI is InChI=1S/C21H27ClN4O2/c1-15-3-5-18(19(9-15)28-14-17-7-8-27-13-17)12-26-21(23-2)25-11-16-4-6-20(22)24-10-16/h3-6,9-10,17H,7-8,11-14H2,1-2H3,(H2,23,25,26). The Bertz CT molecular complexity index is 789. The molecule has 1 aromatic carbocycles. The Balaban J connectivity index is 1.54. The molecular formula is C21H27ClN4O2. The Labute approximate surface area is 171 Å². The van der Waals surface area contributed by atoms with Gasteiger partial charge in [-0.05, 0) is 36.6 Å². The number of benzene rings is 1. The lowest BCUT2D eigenvalue weighted by molar-refractivity contribution is 0.166. The maximum absolute atomic E-state index is 6.11. The molecule has 2 aromatic rings. The summed E-state index contributed by atoms with van der Waals surface area (Å²) in [6.07, 6.45) is 2.82. The second-order valence-corrected chi connectivity index (χ2v) is 7.31. The van der Waals surface area contributed by atoms with Crippen LogP contribution >= 0.6 is 11.6 Å². The smallest absolute Gasteiger partial charge is 0.191 e. The summed E-state index contributed by atoms with van der Waals surface area (Å²) in [5, 5.41) is 7.11. The molecular weight excluding hydrogens is 376 g/mol. The normalized spacial score (nSPS) is 16.8. The van der Waals surface area contributed by atoms with Crippen LogP contribution in [0.3, 0.4) is 0 Å². The number of nitrogens with zero attached hydrogens (tertiary/aromatic N) is 2. The molecule has 0 saturated carbocycles. The molecule has 1 atom stereocenters. The Morgan fingerprint density at radius 3 is 2.86 bits per heavy atom. The van der Waals surface area contributed by atoms with E-state index in [2.05, 4.69) is 45.7 Å². The van der Waals surface area contributed by atoms with Crippen molar-refractivity contribution in [1.82, 2.24) is 15.6 Å². The Kier molecular flexibility index (Phi) is 7.51. The van der Waals surface area contributed by atoms with Crippen LogP contribution < -0.4 is 15.4 Å². The molecule has 1 unspecified atom stereocenters. The highest BCUT2D eigenvalue weighted by Gasteiger charge is 2.17. The molecule has 0 aliphatic carbocycles. The molecule has 0 spiro atoms. The summed E-state index contributed by atoms with van der Waals surface area (Å²) in [5.74, 6) is 2.10. The van der Waals surface area contributed by atoms with E-state index in [9.17, 15) is 0 Å². The zero-order valence-corrected chi connectivity index (χ0v) is 17.1. The summed E-state index contributed by atoms with van der Waals surface area (Å²) in [6.45, 7) is 5.62. The molecule has 1 saturated heterocycles. The third kappa shape index (κ3) is 6.11. The monoisotopic (exact) mass is 402 g/mol. The van der Waals surface area contributed by atoms with Gasteiger partial charge < -0.3 is 20.1 Å². The molecule has 6 nitrogen and oxygen atoms in total. The lowest BCUT2D eigenvalue weighted by atomic mass is 10.1. The van der Waals surface area contributed by atoms with Gasteiger partial charge in [-0.3, -0.25) is 4.99 Å². The zero-order chi connectivity index (χ0) is 19.8. The zero-order valence-electron chi connectivity index (χ0n) is 16.4. The number of hydrogen-bond donors (Lipinski definition) is 2. The van der Waals surface area contributed by atoms with Gasteiger partial charge in [0.15, 0.2) is 5.96 Å². The van der Waals surface area contributed by atoms with Gasteiger partial charge in [0.05, 0.1) is 13.2 Å². The topological polar surface area (TPSA) is 67.8 Å². The van der Waals surface area contributed by atoms with E-state index in [0.29, 0.717) is 36.7 Å². The predicted octanol–water partition coefficient (Wildman–Crippen LogP) is 3.32. The number of ether oxygens (including phenoxy) is 2. The summed E-state index contributed by atoms with van der Waals surface area (Å²) in [5.41, 5.74) is 3.31.